The molecule has 2 N–H and O–H groups in total. The molecule has 6 heteroatoms. The number of para-hydroxylation sites is 3. The van der Waals surface area contributed by atoms with Gasteiger partial charge in [0, 0.05) is 32.7 Å². The summed E-state index contributed by atoms with van der Waals surface area (Å²) < 4.78 is 11.0. The standard InChI is InChI=1S/C22H28N2O4/c1-17-16-24(14-12-22(17,26)13-15-27-2)21(25)23-19-10-6-7-11-20(19)28-18-8-4-3-5-9-18/h3-11,17,26H,12-16H2,1-2H3,(H,23,25). The zero-order chi connectivity index (χ0) is 20.0. The van der Waals surface area contributed by atoms with Crippen LogP contribution >= 0.6 is 0 Å². The van der Waals surface area contributed by atoms with E-state index in [0.29, 0.717) is 49.7 Å². The van der Waals surface area contributed by atoms with Crippen molar-refractivity contribution in [2.75, 3.05) is 32.1 Å². The van der Waals surface area contributed by atoms with Crippen LogP contribution in [0.15, 0.2) is 54.6 Å². The van der Waals surface area contributed by atoms with Crippen LogP contribution in [0.4, 0.5) is 10.5 Å². The number of nitrogens with one attached hydrogen (secondary N) is 1. The highest BCUT2D eigenvalue weighted by Gasteiger charge is 2.39. The SMILES string of the molecule is COCCC1(O)CCN(C(=O)Nc2ccccc2Oc2ccccc2)CC1C. The maximum Gasteiger partial charge on any atom is 0.321 e. The normalized spacial score (nSPS) is 22.0. The number of anilines is 1. The van der Waals surface area contributed by atoms with Crippen LogP contribution in [0.3, 0.4) is 0 Å². The van der Waals surface area contributed by atoms with Crippen molar-refractivity contribution in [3.8, 4) is 11.5 Å². The molecule has 2 amide bonds. The molecule has 1 fully saturated rings. The van der Waals surface area contributed by atoms with Crippen molar-refractivity contribution in [2.45, 2.75) is 25.4 Å². The number of rotatable bonds is 6. The van der Waals surface area contributed by atoms with Gasteiger partial charge in [-0.3, -0.25) is 0 Å². The van der Waals surface area contributed by atoms with Gasteiger partial charge in [-0.1, -0.05) is 37.3 Å². The summed E-state index contributed by atoms with van der Waals surface area (Å²) >= 11 is 0. The van der Waals surface area contributed by atoms with Gasteiger partial charge in [-0.2, -0.15) is 0 Å². The van der Waals surface area contributed by atoms with E-state index in [4.69, 9.17) is 9.47 Å². The Morgan fingerprint density at radius 3 is 2.64 bits per heavy atom. The summed E-state index contributed by atoms with van der Waals surface area (Å²) in [7, 11) is 1.63. The molecule has 0 spiro atoms. The molecule has 1 heterocycles. The number of amides is 2. The van der Waals surface area contributed by atoms with E-state index in [0.717, 1.165) is 0 Å². The number of aliphatic hydroxyl groups is 1. The lowest BCUT2D eigenvalue weighted by Gasteiger charge is -2.43. The second-order valence-corrected chi connectivity index (χ2v) is 7.28. The molecule has 0 radical (unpaired) electrons. The maximum absolute atomic E-state index is 12.8. The van der Waals surface area contributed by atoms with Crippen molar-refractivity contribution in [3.05, 3.63) is 54.6 Å². The number of methoxy groups -OCH3 is 1. The molecule has 1 saturated heterocycles. The lowest BCUT2D eigenvalue weighted by atomic mass is 9.80. The zero-order valence-electron chi connectivity index (χ0n) is 16.4. The van der Waals surface area contributed by atoms with Gasteiger partial charge in [0.1, 0.15) is 5.75 Å². The third kappa shape index (κ3) is 4.82. The van der Waals surface area contributed by atoms with Gasteiger partial charge < -0.3 is 24.8 Å². The fourth-order valence-electron chi connectivity index (χ4n) is 3.47. The topological polar surface area (TPSA) is 71.0 Å². The highest BCUT2D eigenvalue weighted by molar-refractivity contribution is 5.91. The first-order valence-corrected chi connectivity index (χ1v) is 9.61. The number of ether oxygens (including phenoxy) is 2. The Balaban J connectivity index is 1.64. The van der Waals surface area contributed by atoms with Crippen LogP contribution in [-0.4, -0.2) is 48.4 Å². The smallest absolute Gasteiger partial charge is 0.321 e. The van der Waals surface area contributed by atoms with E-state index in [1.165, 1.54) is 0 Å². The predicted molar refractivity (Wildman–Crippen MR) is 109 cm³/mol. The second-order valence-electron chi connectivity index (χ2n) is 7.28. The van der Waals surface area contributed by atoms with Gasteiger partial charge in [0.2, 0.25) is 0 Å². The number of hydrogen-bond donors (Lipinski definition) is 2. The molecule has 3 rings (SSSR count). The minimum absolute atomic E-state index is 0.0297. The summed E-state index contributed by atoms with van der Waals surface area (Å²) in [6, 6.07) is 16.6. The Labute approximate surface area is 166 Å². The van der Waals surface area contributed by atoms with E-state index in [9.17, 15) is 9.90 Å². The molecule has 0 bridgehead atoms. The minimum Gasteiger partial charge on any atom is -0.455 e. The molecule has 0 aromatic heterocycles. The van der Waals surface area contributed by atoms with Gasteiger partial charge in [0.15, 0.2) is 5.75 Å². The average Bonchev–Trinajstić information content (AvgIpc) is 2.71. The molecule has 2 atom stereocenters. The molecule has 28 heavy (non-hydrogen) atoms. The molecular formula is C22H28N2O4. The molecular weight excluding hydrogens is 356 g/mol. The zero-order valence-corrected chi connectivity index (χ0v) is 16.4. The minimum atomic E-state index is -0.791. The van der Waals surface area contributed by atoms with E-state index in [-0.39, 0.29) is 11.9 Å². The Bertz CT molecular complexity index is 783. The first-order valence-electron chi connectivity index (χ1n) is 9.61. The van der Waals surface area contributed by atoms with Crippen LogP contribution in [0.2, 0.25) is 0 Å². The summed E-state index contributed by atoms with van der Waals surface area (Å²) in [5.41, 5.74) is -0.176. The first kappa shape index (κ1) is 20.2. The molecule has 150 valence electrons. The number of nitrogens with zero attached hydrogens (tertiary/aromatic N) is 1. The lowest BCUT2D eigenvalue weighted by molar-refractivity contribution is -0.0725. The average molecular weight is 384 g/mol. The van der Waals surface area contributed by atoms with E-state index in [1.807, 2.05) is 61.5 Å². The van der Waals surface area contributed by atoms with E-state index in [2.05, 4.69) is 5.32 Å². The maximum atomic E-state index is 12.8. The Morgan fingerprint density at radius 1 is 1.21 bits per heavy atom. The van der Waals surface area contributed by atoms with Gasteiger partial charge in [-0.15, -0.1) is 0 Å². The van der Waals surface area contributed by atoms with Crippen molar-refractivity contribution in [1.82, 2.24) is 4.90 Å². The molecule has 2 unspecified atom stereocenters. The van der Waals surface area contributed by atoms with Crippen molar-refractivity contribution < 1.29 is 19.4 Å². The second kappa shape index (κ2) is 9.08. The van der Waals surface area contributed by atoms with Crippen LogP contribution in [-0.2, 0) is 4.74 Å². The molecule has 1 aliphatic heterocycles. The molecule has 0 saturated carbocycles. The van der Waals surface area contributed by atoms with Gasteiger partial charge in [-0.05, 0) is 37.1 Å². The Hall–Kier alpha value is -2.57. The van der Waals surface area contributed by atoms with E-state index < -0.39 is 5.60 Å². The molecule has 2 aromatic carbocycles. The monoisotopic (exact) mass is 384 g/mol. The number of likely N-dealkylation sites (tertiary alicyclic amines) is 1. The highest BCUT2D eigenvalue weighted by Crippen LogP contribution is 2.33. The summed E-state index contributed by atoms with van der Waals surface area (Å²) in [4.78, 5) is 14.5. The highest BCUT2D eigenvalue weighted by atomic mass is 16.5. The van der Waals surface area contributed by atoms with Gasteiger partial charge in [0.25, 0.3) is 0 Å². The van der Waals surface area contributed by atoms with Crippen molar-refractivity contribution in [1.29, 1.82) is 0 Å². The first-order chi connectivity index (χ1) is 13.5. The fraction of sp³-hybridized carbons (Fsp3) is 0.409. The van der Waals surface area contributed by atoms with Crippen LogP contribution in [0, 0.1) is 5.92 Å². The molecule has 6 nitrogen and oxygen atoms in total. The van der Waals surface area contributed by atoms with E-state index in [1.54, 1.807) is 12.0 Å². The van der Waals surface area contributed by atoms with Crippen molar-refractivity contribution >= 4 is 11.7 Å². The molecule has 0 aliphatic carbocycles. The Kier molecular flexibility index (Phi) is 6.54. The number of carbonyl (C=O) groups excluding carboxylic acids is 1. The molecule has 2 aromatic rings. The van der Waals surface area contributed by atoms with Crippen molar-refractivity contribution in [3.63, 3.8) is 0 Å². The van der Waals surface area contributed by atoms with Crippen LogP contribution in [0.25, 0.3) is 0 Å². The summed E-state index contributed by atoms with van der Waals surface area (Å²) in [5.74, 6) is 1.26. The summed E-state index contributed by atoms with van der Waals surface area (Å²) in [5, 5.41) is 13.8. The number of urea groups is 1. The van der Waals surface area contributed by atoms with Crippen LogP contribution in [0.1, 0.15) is 19.8 Å². The van der Waals surface area contributed by atoms with Crippen molar-refractivity contribution in [2.24, 2.45) is 5.92 Å². The fourth-order valence-corrected chi connectivity index (χ4v) is 3.47. The van der Waals surface area contributed by atoms with E-state index >= 15 is 0 Å². The van der Waals surface area contributed by atoms with Crippen LogP contribution in [0.5, 0.6) is 11.5 Å². The summed E-state index contributed by atoms with van der Waals surface area (Å²) in [6.45, 7) is 3.48. The number of piperidine rings is 1. The number of carbonyl (C=O) groups is 1. The number of hydrogen-bond acceptors (Lipinski definition) is 4. The van der Waals surface area contributed by atoms with Gasteiger partial charge >= 0.3 is 6.03 Å². The van der Waals surface area contributed by atoms with Gasteiger partial charge in [-0.25, -0.2) is 4.79 Å². The summed E-state index contributed by atoms with van der Waals surface area (Å²) in [6.07, 6.45) is 1.11. The largest absolute Gasteiger partial charge is 0.455 e. The third-order valence-corrected chi connectivity index (χ3v) is 5.35. The van der Waals surface area contributed by atoms with Gasteiger partial charge in [0.05, 0.1) is 11.3 Å². The lowest BCUT2D eigenvalue weighted by Crippen LogP contribution is -2.53. The Morgan fingerprint density at radius 2 is 1.93 bits per heavy atom. The number of benzene rings is 2. The third-order valence-electron chi connectivity index (χ3n) is 5.35. The molecule has 1 aliphatic rings. The van der Waals surface area contributed by atoms with Crippen LogP contribution < -0.4 is 10.1 Å². The predicted octanol–water partition coefficient (Wildman–Crippen LogP) is 4.12. The quantitative estimate of drug-likeness (QED) is 0.786.